The van der Waals surface area contributed by atoms with E-state index in [0.29, 0.717) is 0 Å². The molecule has 0 amide bonds. The second kappa shape index (κ2) is 4.77. The highest BCUT2D eigenvalue weighted by molar-refractivity contribution is 7.17. The summed E-state index contributed by atoms with van der Waals surface area (Å²) in [7, 11) is 1.54. The van der Waals surface area contributed by atoms with Crippen LogP contribution in [0.3, 0.4) is 0 Å². The zero-order valence-electron chi connectivity index (χ0n) is 10.3. The van der Waals surface area contributed by atoms with E-state index < -0.39 is 5.66 Å². The van der Waals surface area contributed by atoms with Gasteiger partial charge in [0.25, 0.3) is 5.66 Å². The molecule has 0 bridgehead atoms. The first kappa shape index (κ1) is 13.2. The zero-order valence-corrected chi connectivity index (χ0v) is 11.5. The smallest absolute Gasteiger partial charge is 0.283 e. The van der Waals surface area contributed by atoms with Crippen molar-refractivity contribution in [2.45, 2.75) is 25.9 Å². The standard InChI is InChI=1S/C13H15F2N2P/c1-3-11-8(2)16-12(17-11)9-4-6-10(7-5-9)13(14,15)18/h4-7H,3,18H2,1-2H3,(H,16,17). The van der Waals surface area contributed by atoms with Gasteiger partial charge in [-0.3, -0.25) is 0 Å². The van der Waals surface area contributed by atoms with Gasteiger partial charge in [0.05, 0.1) is 5.69 Å². The molecule has 1 aromatic carbocycles. The Balaban J connectivity index is 2.34. The fraction of sp³-hybridized carbons (Fsp3) is 0.308. The molecule has 0 radical (unpaired) electrons. The van der Waals surface area contributed by atoms with Crippen molar-refractivity contribution in [3.8, 4) is 11.4 Å². The third-order valence-corrected chi connectivity index (χ3v) is 3.20. The third kappa shape index (κ3) is 2.59. The van der Waals surface area contributed by atoms with Crippen molar-refractivity contribution in [1.82, 2.24) is 9.97 Å². The van der Waals surface area contributed by atoms with Gasteiger partial charge in [-0.25, -0.2) is 4.98 Å². The Morgan fingerprint density at radius 2 is 1.89 bits per heavy atom. The number of rotatable bonds is 3. The summed E-state index contributed by atoms with van der Waals surface area (Å²) in [5.41, 5.74) is -0.0592. The van der Waals surface area contributed by atoms with Gasteiger partial charge in [-0.15, -0.1) is 0 Å². The van der Waals surface area contributed by atoms with Gasteiger partial charge in [0, 0.05) is 16.8 Å². The van der Waals surface area contributed by atoms with E-state index in [4.69, 9.17) is 0 Å². The van der Waals surface area contributed by atoms with Crippen LogP contribution in [0, 0.1) is 6.92 Å². The average Bonchev–Trinajstić information content (AvgIpc) is 2.69. The van der Waals surface area contributed by atoms with Crippen LogP contribution in [0.25, 0.3) is 11.4 Å². The molecule has 0 fully saturated rings. The summed E-state index contributed by atoms with van der Waals surface area (Å²) in [5.74, 6) is 0.725. The Morgan fingerprint density at radius 3 is 2.33 bits per heavy atom. The number of hydrogen-bond acceptors (Lipinski definition) is 1. The van der Waals surface area contributed by atoms with Crippen LogP contribution in [0.1, 0.15) is 23.9 Å². The van der Waals surface area contributed by atoms with Crippen LogP contribution in [-0.4, -0.2) is 9.97 Å². The van der Waals surface area contributed by atoms with Crippen LogP contribution in [0.4, 0.5) is 8.78 Å². The number of alkyl halides is 2. The number of aromatic amines is 1. The maximum Gasteiger partial charge on any atom is 0.283 e. The lowest BCUT2D eigenvalue weighted by atomic mass is 10.1. The number of halogens is 2. The van der Waals surface area contributed by atoms with Gasteiger partial charge in [-0.1, -0.05) is 40.4 Å². The van der Waals surface area contributed by atoms with E-state index in [1.165, 1.54) is 21.4 Å². The van der Waals surface area contributed by atoms with E-state index in [2.05, 4.69) is 9.97 Å². The van der Waals surface area contributed by atoms with Crippen LogP contribution >= 0.6 is 9.24 Å². The molecule has 1 unspecified atom stereocenters. The number of nitrogens with zero attached hydrogens (tertiary/aromatic N) is 1. The summed E-state index contributed by atoms with van der Waals surface area (Å²) in [6.45, 7) is 3.99. The topological polar surface area (TPSA) is 28.7 Å². The number of nitrogens with one attached hydrogen (secondary N) is 1. The first-order valence-electron chi connectivity index (χ1n) is 5.75. The fourth-order valence-corrected chi connectivity index (χ4v) is 2.02. The van der Waals surface area contributed by atoms with Crippen molar-refractivity contribution in [2.24, 2.45) is 0 Å². The molecule has 0 aliphatic heterocycles. The Labute approximate surface area is 107 Å². The molecule has 18 heavy (non-hydrogen) atoms. The molecular weight excluding hydrogens is 253 g/mol. The number of aromatic nitrogens is 2. The lowest BCUT2D eigenvalue weighted by Crippen LogP contribution is -2.01. The van der Waals surface area contributed by atoms with E-state index in [1.54, 1.807) is 12.1 Å². The largest absolute Gasteiger partial charge is 0.342 e. The minimum atomic E-state index is -2.88. The van der Waals surface area contributed by atoms with Gasteiger partial charge in [-0.2, -0.15) is 8.78 Å². The number of hydrogen-bond donors (Lipinski definition) is 1. The molecule has 2 rings (SSSR count). The molecule has 2 aromatic rings. The van der Waals surface area contributed by atoms with Gasteiger partial charge in [0.1, 0.15) is 5.82 Å². The van der Waals surface area contributed by atoms with Crippen LogP contribution in [0.5, 0.6) is 0 Å². The summed E-state index contributed by atoms with van der Waals surface area (Å²) >= 11 is 0. The molecule has 1 N–H and O–H groups in total. The lowest BCUT2D eigenvalue weighted by molar-refractivity contribution is 0.104. The number of aryl methyl sites for hydroxylation is 2. The van der Waals surface area contributed by atoms with Gasteiger partial charge >= 0.3 is 0 Å². The Hall–Kier alpha value is -1.28. The van der Waals surface area contributed by atoms with E-state index >= 15 is 0 Å². The highest BCUT2D eigenvalue weighted by Gasteiger charge is 2.24. The Kier molecular flexibility index (Phi) is 3.49. The van der Waals surface area contributed by atoms with Crippen molar-refractivity contribution >= 4 is 9.24 Å². The molecule has 2 nitrogen and oxygen atoms in total. The summed E-state index contributed by atoms with van der Waals surface area (Å²) in [5, 5.41) is 0. The van der Waals surface area contributed by atoms with Gasteiger partial charge < -0.3 is 4.98 Å². The van der Waals surface area contributed by atoms with E-state index in [0.717, 1.165) is 29.2 Å². The number of H-pyrrole nitrogens is 1. The SMILES string of the molecule is CCc1nc(-c2ccc(C(F)(F)P)cc2)[nH]c1C. The summed E-state index contributed by atoms with van der Waals surface area (Å²) < 4.78 is 26.1. The first-order valence-corrected chi connectivity index (χ1v) is 6.32. The molecule has 0 aliphatic rings. The molecule has 96 valence electrons. The van der Waals surface area contributed by atoms with Gasteiger partial charge in [0.15, 0.2) is 0 Å². The van der Waals surface area contributed by atoms with Crippen molar-refractivity contribution < 1.29 is 8.78 Å². The summed E-state index contributed by atoms with van der Waals surface area (Å²) in [4.78, 5) is 7.61. The number of benzene rings is 1. The highest BCUT2D eigenvalue weighted by Crippen LogP contribution is 2.35. The van der Waals surface area contributed by atoms with Crippen molar-refractivity contribution in [2.75, 3.05) is 0 Å². The van der Waals surface area contributed by atoms with E-state index in [9.17, 15) is 8.78 Å². The molecule has 1 aromatic heterocycles. The van der Waals surface area contributed by atoms with Crippen LogP contribution in [0.2, 0.25) is 0 Å². The molecule has 0 aliphatic carbocycles. The highest BCUT2D eigenvalue weighted by atomic mass is 31.0. The second-order valence-corrected chi connectivity index (χ2v) is 4.94. The summed E-state index contributed by atoms with van der Waals surface area (Å²) in [6.07, 6.45) is 0.851. The normalized spacial score (nSPS) is 11.8. The van der Waals surface area contributed by atoms with Crippen molar-refractivity contribution in [3.63, 3.8) is 0 Å². The van der Waals surface area contributed by atoms with Crippen LogP contribution in [-0.2, 0) is 12.1 Å². The monoisotopic (exact) mass is 268 g/mol. The molecule has 5 heteroatoms. The second-order valence-electron chi connectivity index (χ2n) is 4.21. The predicted octanol–water partition coefficient (Wildman–Crippen LogP) is 3.87. The third-order valence-electron chi connectivity index (χ3n) is 2.86. The first-order chi connectivity index (χ1) is 8.41. The fourth-order valence-electron chi connectivity index (χ4n) is 1.83. The molecule has 1 heterocycles. The quantitative estimate of drug-likeness (QED) is 0.841. The molecule has 0 spiro atoms. The average molecular weight is 268 g/mol. The molecular formula is C13H15F2N2P. The minimum absolute atomic E-state index is 0.0183. The van der Waals surface area contributed by atoms with Crippen LogP contribution < -0.4 is 0 Å². The maximum atomic E-state index is 13.1. The van der Waals surface area contributed by atoms with Crippen molar-refractivity contribution in [1.29, 1.82) is 0 Å². The van der Waals surface area contributed by atoms with Crippen molar-refractivity contribution in [3.05, 3.63) is 41.2 Å². The Bertz CT molecular complexity index is 541. The summed E-state index contributed by atoms with van der Waals surface area (Å²) in [6, 6.07) is 6.16. The predicted molar refractivity (Wildman–Crippen MR) is 71.7 cm³/mol. The van der Waals surface area contributed by atoms with E-state index in [-0.39, 0.29) is 5.56 Å². The Morgan fingerprint density at radius 1 is 1.28 bits per heavy atom. The molecule has 0 saturated carbocycles. The zero-order chi connectivity index (χ0) is 13.3. The molecule has 0 saturated heterocycles. The molecule has 1 atom stereocenters. The minimum Gasteiger partial charge on any atom is -0.342 e. The lowest BCUT2D eigenvalue weighted by Gasteiger charge is -2.10. The van der Waals surface area contributed by atoms with Crippen LogP contribution in [0.15, 0.2) is 24.3 Å². The van der Waals surface area contributed by atoms with E-state index in [1.807, 2.05) is 13.8 Å². The van der Waals surface area contributed by atoms with Gasteiger partial charge in [0.2, 0.25) is 0 Å². The maximum absolute atomic E-state index is 13.1. The van der Waals surface area contributed by atoms with Gasteiger partial charge in [-0.05, 0) is 13.3 Å². The number of imidazole rings is 1.